The van der Waals surface area contributed by atoms with Crippen molar-refractivity contribution in [3.8, 4) is 5.88 Å². The van der Waals surface area contributed by atoms with Crippen molar-refractivity contribution in [2.45, 2.75) is 32.8 Å². The Morgan fingerprint density at radius 1 is 1.10 bits per heavy atom. The molecule has 0 radical (unpaired) electrons. The van der Waals surface area contributed by atoms with Crippen LogP contribution in [0.5, 0.6) is 5.88 Å². The molecule has 0 atom stereocenters. The van der Waals surface area contributed by atoms with Crippen molar-refractivity contribution in [3.05, 3.63) is 36.0 Å². The lowest BCUT2D eigenvalue weighted by Crippen LogP contribution is -2.39. The lowest BCUT2D eigenvalue weighted by molar-refractivity contribution is 0.162. The largest absolute Gasteiger partial charge is 0.473 e. The van der Waals surface area contributed by atoms with E-state index in [1.54, 1.807) is 12.4 Å². The van der Waals surface area contributed by atoms with Gasteiger partial charge in [-0.2, -0.15) is 0 Å². The first kappa shape index (κ1) is 13.7. The summed E-state index contributed by atoms with van der Waals surface area (Å²) < 4.78 is 5.90. The van der Waals surface area contributed by atoms with Gasteiger partial charge in [0.05, 0.1) is 11.9 Å². The minimum atomic E-state index is 0.183. The van der Waals surface area contributed by atoms with Gasteiger partial charge < -0.3 is 9.64 Å². The van der Waals surface area contributed by atoms with E-state index in [0.717, 1.165) is 43.3 Å². The predicted molar refractivity (Wildman–Crippen MR) is 79.4 cm³/mol. The van der Waals surface area contributed by atoms with Gasteiger partial charge in [0.15, 0.2) is 0 Å². The minimum Gasteiger partial charge on any atom is -0.473 e. The molecule has 0 unspecified atom stereocenters. The molecule has 21 heavy (non-hydrogen) atoms. The molecule has 0 aliphatic carbocycles. The Kier molecular flexibility index (Phi) is 3.94. The van der Waals surface area contributed by atoms with Crippen LogP contribution >= 0.6 is 0 Å². The van der Waals surface area contributed by atoms with Crippen molar-refractivity contribution in [1.82, 2.24) is 19.9 Å². The van der Waals surface area contributed by atoms with Crippen LogP contribution in [0.4, 0.5) is 5.95 Å². The van der Waals surface area contributed by atoms with E-state index < -0.39 is 0 Å². The average Bonchev–Trinajstić information content (AvgIpc) is 2.48. The molecule has 1 saturated heterocycles. The fourth-order valence-corrected chi connectivity index (χ4v) is 2.43. The Morgan fingerprint density at radius 3 is 2.62 bits per heavy atom. The van der Waals surface area contributed by atoms with Crippen LogP contribution < -0.4 is 9.64 Å². The first-order valence-corrected chi connectivity index (χ1v) is 7.20. The van der Waals surface area contributed by atoms with Crippen molar-refractivity contribution >= 4 is 5.95 Å². The van der Waals surface area contributed by atoms with Crippen molar-refractivity contribution in [2.75, 3.05) is 18.0 Å². The Morgan fingerprint density at radius 2 is 1.90 bits per heavy atom. The second kappa shape index (κ2) is 6.03. The van der Waals surface area contributed by atoms with E-state index >= 15 is 0 Å². The fraction of sp³-hybridized carbons (Fsp3) is 0.467. The van der Waals surface area contributed by atoms with E-state index in [1.807, 2.05) is 26.1 Å². The van der Waals surface area contributed by atoms with E-state index in [9.17, 15) is 0 Å². The molecule has 3 rings (SSSR count). The summed E-state index contributed by atoms with van der Waals surface area (Å²) in [5.41, 5.74) is 1.87. The Hall–Kier alpha value is -2.24. The highest BCUT2D eigenvalue weighted by Crippen LogP contribution is 2.19. The van der Waals surface area contributed by atoms with Crippen molar-refractivity contribution in [3.63, 3.8) is 0 Å². The van der Waals surface area contributed by atoms with E-state index in [4.69, 9.17) is 4.74 Å². The maximum Gasteiger partial charge on any atom is 0.232 e. The van der Waals surface area contributed by atoms with Gasteiger partial charge in [-0.15, -0.1) is 0 Å². The van der Waals surface area contributed by atoms with Crippen LogP contribution in [-0.4, -0.2) is 39.1 Å². The summed E-state index contributed by atoms with van der Waals surface area (Å²) in [5.74, 6) is 1.42. The number of nitrogens with zero attached hydrogens (tertiary/aromatic N) is 5. The van der Waals surface area contributed by atoms with Gasteiger partial charge >= 0.3 is 0 Å². The molecule has 0 amide bonds. The maximum absolute atomic E-state index is 5.90. The zero-order valence-corrected chi connectivity index (χ0v) is 12.4. The predicted octanol–water partition coefficient (Wildman–Crippen LogP) is 1.93. The quantitative estimate of drug-likeness (QED) is 0.858. The number of anilines is 1. The molecule has 1 aliphatic heterocycles. The third-order valence-corrected chi connectivity index (χ3v) is 3.53. The van der Waals surface area contributed by atoms with E-state index in [2.05, 4.69) is 24.8 Å². The summed E-state index contributed by atoms with van der Waals surface area (Å²) in [6, 6.07) is 1.91. The van der Waals surface area contributed by atoms with Crippen molar-refractivity contribution in [2.24, 2.45) is 0 Å². The molecule has 1 fully saturated rings. The maximum atomic E-state index is 5.90. The van der Waals surface area contributed by atoms with Crippen LogP contribution in [0.1, 0.15) is 24.2 Å². The SMILES string of the molecule is Cc1cncc(OC2CCN(c3nccc(C)n3)CC2)n1. The van der Waals surface area contributed by atoms with Crippen LogP contribution in [0.25, 0.3) is 0 Å². The van der Waals surface area contributed by atoms with Crippen molar-refractivity contribution in [1.29, 1.82) is 0 Å². The Labute approximate surface area is 124 Å². The molecule has 0 aromatic carbocycles. The van der Waals surface area contributed by atoms with Gasteiger partial charge in [0, 0.05) is 44.0 Å². The highest BCUT2D eigenvalue weighted by atomic mass is 16.5. The van der Waals surface area contributed by atoms with Crippen LogP contribution in [0.15, 0.2) is 24.7 Å². The third-order valence-electron chi connectivity index (χ3n) is 3.53. The molecule has 0 spiro atoms. The van der Waals surface area contributed by atoms with Gasteiger partial charge in [0.25, 0.3) is 0 Å². The topological polar surface area (TPSA) is 64.0 Å². The second-order valence-electron chi connectivity index (χ2n) is 5.30. The molecule has 3 heterocycles. The zero-order chi connectivity index (χ0) is 14.7. The first-order valence-electron chi connectivity index (χ1n) is 7.20. The van der Waals surface area contributed by atoms with Gasteiger partial charge in [-0.05, 0) is 19.9 Å². The Bertz CT molecular complexity index is 611. The highest BCUT2D eigenvalue weighted by molar-refractivity contribution is 5.30. The number of aryl methyl sites for hydroxylation is 2. The van der Waals surface area contributed by atoms with Crippen LogP contribution in [0.2, 0.25) is 0 Å². The van der Waals surface area contributed by atoms with Crippen LogP contribution in [0, 0.1) is 13.8 Å². The normalized spacial score (nSPS) is 16.0. The second-order valence-corrected chi connectivity index (χ2v) is 5.30. The fourth-order valence-electron chi connectivity index (χ4n) is 2.43. The first-order chi connectivity index (χ1) is 10.2. The molecule has 1 aliphatic rings. The monoisotopic (exact) mass is 285 g/mol. The number of aromatic nitrogens is 4. The highest BCUT2D eigenvalue weighted by Gasteiger charge is 2.22. The van der Waals surface area contributed by atoms with Gasteiger partial charge in [-0.25, -0.2) is 15.0 Å². The molecule has 0 bridgehead atoms. The van der Waals surface area contributed by atoms with E-state index in [-0.39, 0.29) is 6.10 Å². The van der Waals surface area contributed by atoms with Crippen LogP contribution in [-0.2, 0) is 0 Å². The van der Waals surface area contributed by atoms with Crippen molar-refractivity contribution < 1.29 is 4.74 Å². The molecule has 0 N–H and O–H groups in total. The van der Waals surface area contributed by atoms with E-state index in [0.29, 0.717) is 5.88 Å². The molecule has 110 valence electrons. The summed E-state index contributed by atoms with van der Waals surface area (Å²) >= 11 is 0. The summed E-state index contributed by atoms with van der Waals surface area (Å²) in [5, 5.41) is 0. The number of rotatable bonds is 3. The molecule has 2 aromatic rings. The lowest BCUT2D eigenvalue weighted by Gasteiger charge is -2.31. The number of piperidine rings is 1. The smallest absolute Gasteiger partial charge is 0.232 e. The van der Waals surface area contributed by atoms with E-state index in [1.165, 1.54) is 0 Å². The molecule has 0 saturated carbocycles. The summed E-state index contributed by atoms with van der Waals surface area (Å²) in [6.07, 6.45) is 7.26. The summed E-state index contributed by atoms with van der Waals surface area (Å²) in [4.78, 5) is 19.4. The lowest BCUT2D eigenvalue weighted by atomic mass is 10.1. The number of ether oxygens (including phenoxy) is 1. The standard InChI is InChI=1S/C15H19N5O/c1-11-3-6-17-15(19-11)20-7-4-13(5-8-20)21-14-10-16-9-12(2)18-14/h3,6,9-10,13H,4-5,7-8H2,1-2H3. The van der Waals surface area contributed by atoms with Gasteiger partial charge in [-0.1, -0.05) is 0 Å². The molecule has 6 nitrogen and oxygen atoms in total. The molecular weight excluding hydrogens is 266 g/mol. The minimum absolute atomic E-state index is 0.183. The van der Waals surface area contributed by atoms with Crippen LogP contribution in [0.3, 0.4) is 0 Å². The van der Waals surface area contributed by atoms with Gasteiger partial charge in [0.1, 0.15) is 6.10 Å². The van der Waals surface area contributed by atoms with Gasteiger partial charge in [-0.3, -0.25) is 4.98 Å². The van der Waals surface area contributed by atoms with Gasteiger partial charge in [0.2, 0.25) is 11.8 Å². The third kappa shape index (κ3) is 3.45. The zero-order valence-electron chi connectivity index (χ0n) is 12.4. The summed E-state index contributed by atoms with van der Waals surface area (Å²) in [7, 11) is 0. The molecule has 6 heteroatoms. The summed E-state index contributed by atoms with van der Waals surface area (Å²) in [6.45, 7) is 5.69. The number of hydrogen-bond donors (Lipinski definition) is 0. The average molecular weight is 285 g/mol. The Balaban J connectivity index is 1.58. The number of hydrogen-bond acceptors (Lipinski definition) is 6. The molecule has 2 aromatic heterocycles. The molecular formula is C15H19N5O.